The second-order valence-electron chi connectivity index (χ2n) is 4.36. The van der Waals surface area contributed by atoms with Gasteiger partial charge in [0.2, 0.25) is 11.8 Å². The summed E-state index contributed by atoms with van der Waals surface area (Å²) in [5.41, 5.74) is 0. The molecule has 0 atom stereocenters. The van der Waals surface area contributed by atoms with Crippen LogP contribution in [0.1, 0.15) is 4.88 Å². The van der Waals surface area contributed by atoms with E-state index in [-0.39, 0.29) is 5.75 Å². The van der Waals surface area contributed by atoms with Crippen LogP contribution in [0.3, 0.4) is 0 Å². The predicted octanol–water partition coefficient (Wildman–Crippen LogP) is 4.74. The molecule has 0 aliphatic heterocycles. The molecule has 0 saturated carbocycles. The van der Waals surface area contributed by atoms with Gasteiger partial charge in [-0.1, -0.05) is 15.9 Å². The predicted molar refractivity (Wildman–Crippen MR) is 85.9 cm³/mol. The highest BCUT2D eigenvalue weighted by Crippen LogP contribution is 2.35. The third kappa shape index (κ3) is 2.84. The molecule has 21 heavy (non-hydrogen) atoms. The quantitative estimate of drug-likeness (QED) is 0.726. The van der Waals surface area contributed by atoms with Gasteiger partial charge in [0.05, 0.1) is 5.39 Å². The maximum Gasteiger partial charge on any atom is 0.233 e. The van der Waals surface area contributed by atoms with Gasteiger partial charge in [0.1, 0.15) is 4.83 Å². The number of nitrogens with one attached hydrogen (secondary N) is 1. The van der Waals surface area contributed by atoms with E-state index < -0.39 is 5.82 Å². The number of anilines is 1. The van der Waals surface area contributed by atoms with Crippen LogP contribution in [0.5, 0.6) is 11.6 Å². The molecule has 0 saturated heterocycles. The van der Waals surface area contributed by atoms with Gasteiger partial charge in [-0.15, -0.1) is 11.3 Å². The standard InChI is InChI=1S/C14H11BrFN3OS/c1-7-5-9-12(18-14(17-2)19-13(9)21-7)20-11-6-8(15)3-4-10(11)16/h3-6H,1-2H3,(H,17,18,19). The number of ether oxygens (including phenoxy) is 1. The average Bonchev–Trinajstić information content (AvgIpc) is 2.83. The van der Waals surface area contributed by atoms with Gasteiger partial charge in [-0.3, -0.25) is 0 Å². The van der Waals surface area contributed by atoms with E-state index in [4.69, 9.17) is 4.74 Å². The molecule has 0 radical (unpaired) electrons. The number of halogens is 2. The molecular formula is C14H11BrFN3OS. The van der Waals surface area contributed by atoms with Crippen molar-refractivity contribution in [2.45, 2.75) is 6.92 Å². The molecule has 0 fully saturated rings. The molecule has 0 unspecified atom stereocenters. The van der Waals surface area contributed by atoms with Gasteiger partial charge in [-0.25, -0.2) is 9.37 Å². The fourth-order valence-electron chi connectivity index (χ4n) is 1.86. The van der Waals surface area contributed by atoms with Crippen molar-refractivity contribution in [3.8, 4) is 11.6 Å². The van der Waals surface area contributed by atoms with Crippen LogP contribution in [-0.4, -0.2) is 17.0 Å². The minimum atomic E-state index is -0.442. The highest BCUT2D eigenvalue weighted by molar-refractivity contribution is 9.10. The topological polar surface area (TPSA) is 47.0 Å². The molecule has 0 aliphatic carbocycles. The number of hydrogen-bond donors (Lipinski definition) is 1. The zero-order valence-corrected chi connectivity index (χ0v) is 13.7. The fraction of sp³-hybridized carbons (Fsp3) is 0.143. The summed E-state index contributed by atoms with van der Waals surface area (Å²) >= 11 is 4.84. The van der Waals surface area contributed by atoms with Crippen molar-refractivity contribution in [2.75, 3.05) is 12.4 Å². The van der Waals surface area contributed by atoms with Crippen molar-refractivity contribution in [2.24, 2.45) is 0 Å². The second kappa shape index (κ2) is 5.57. The Morgan fingerprint density at radius 1 is 1.29 bits per heavy atom. The first-order chi connectivity index (χ1) is 10.1. The van der Waals surface area contributed by atoms with Gasteiger partial charge in [0.25, 0.3) is 0 Å². The molecule has 7 heteroatoms. The number of fused-ring (bicyclic) bond motifs is 1. The number of thiophene rings is 1. The van der Waals surface area contributed by atoms with Gasteiger partial charge in [-0.05, 0) is 31.2 Å². The zero-order valence-electron chi connectivity index (χ0n) is 11.3. The van der Waals surface area contributed by atoms with Crippen LogP contribution in [0.25, 0.3) is 10.2 Å². The second-order valence-corrected chi connectivity index (χ2v) is 6.51. The van der Waals surface area contributed by atoms with Crippen molar-refractivity contribution >= 4 is 43.4 Å². The van der Waals surface area contributed by atoms with Gasteiger partial charge >= 0.3 is 0 Å². The molecule has 3 rings (SSSR count). The van der Waals surface area contributed by atoms with E-state index in [1.165, 1.54) is 17.4 Å². The fourth-order valence-corrected chi connectivity index (χ4v) is 3.08. The molecule has 0 bridgehead atoms. The Hall–Kier alpha value is -1.73. The van der Waals surface area contributed by atoms with Crippen molar-refractivity contribution in [3.05, 3.63) is 39.4 Å². The van der Waals surface area contributed by atoms with E-state index in [0.29, 0.717) is 11.8 Å². The van der Waals surface area contributed by atoms with Crippen molar-refractivity contribution in [1.82, 2.24) is 9.97 Å². The monoisotopic (exact) mass is 367 g/mol. The van der Waals surface area contributed by atoms with Crippen molar-refractivity contribution in [1.29, 1.82) is 0 Å². The summed E-state index contributed by atoms with van der Waals surface area (Å²) in [5.74, 6) is 0.457. The highest BCUT2D eigenvalue weighted by Gasteiger charge is 2.14. The third-order valence-electron chi connectivity index (χ3n) is 2.80. The number of aromatic nitrogens is 2. The Bertz CT molecular complexity index is 821. The van der Waals surface area contributed by atoms with Crippen LogP contribution in [0.15, 0.2) is 28.7 Å². The summed E-state index contributed by atoms with van der Waals surface area (Å²) in [7, 11) is 1.73. The zero-order chi connectivity index (χ0) is 15.0. The number of benzene rings is 1. The number of rotatable bonds is 3. The Morgan fingerprint density at radius 3 is 2.86 bits per heavy atom. The first kappa shape index (κ1) is 14.2. The highest BCUT2D eigenvalue weighted by atomic mass is 79.9. The molecule has 0 spiro atoms. The van der Waals surface area contributed by atoms with Gasteiger partial charge in [0.15, 0.2) is 11.6 Å². The van der Waals surface area contributed by atoms with Crippen molar-refractivity contribution < 1.29 is 9.13 Å². The Morgan fingerprint density at radius 2 is 2.10 bits per heavy atom. The molecule has 0 amide bonds. The van der Waals surface area contributed by atoms with Gasteiger partial charge in [0, 0.05) is 16.4 Å². The Labute approximate surface area is 133 Å². The van der Waals surface area contributed by atoms with Crippen LogP contribution >= 0.6 is 27.3 Å². The summed E-state index contributed by atoms with van der Waals surface area (Å²) in [4.78, 5) is 10.5. The molecule has 3 aromatic rings. The average molecular weight is 368 g/mol. The summed E-state index contributed by atoms with van der Waals surface area (Å²) in [6.45, 7) is 1.98. The van der Waals surface area contributed by atoms with Gasteiger partial charge < -0.3 is 10.1 Å². The van der Waals surface area contributed by atoms with E-state index in [0.717, 1.165) is 19.6 Å². The van der Waals surface area contributed by atoms with E-state index >= 15 is 0 Å². The molecule has 1 N–H and O–H groups in total. The van der Waals surface area contributed by atoms with E-state index in [9.17, 15) is 4.39 Å². The third-order valence-corrected chi connectivity index (χ3v) is 4.24. The molecule has 4 nitrogen and oxygen atoms in total. The van der Waals surface area contributed by atoms with Crippen LogP contribution in [0, 0.1) is 12.7 Å². The van der Waals surface area contributed by atoms with Crippen LogP contribution < -0.4 is 10.1 Å². The van der Waals surface area contributed by atoms with Crippen LogP contribution in [-0.2, 0) is 0 Å². The Kier molecular flexibility index (Phi) is 3.77. The summed E-state index contributed by atoms with van der Waals surface area (Å²) in [6, 6.07) is 6.47. The van der Waals surface area contributed by atoms with Crippen LogP contribution in [0.4, 0.5) is 10.3 Å². The van der Waals surface area contributed by atoms with E-state index in [2.05, 4.69) is 31.2 Å². The van der Waals surface area contributed by atoms with Crippen molar-refractivity contribution in [3.63, 3.8) is 0 Å². The molecule has 2 aromatic heterocycles. The normalized spacial score (nSPS) is 10.9. The molecule has 108 valence electrons. The van der Waals surface area contributed by atoms with E-state index in [1.54, 1.807) is 19.2 Å². The minimum Gasteiger partial charge on any atom is -0.435 e. The maximum absolute atomic E-state index is 13.8. The lowest BCUT2D eigenvalue weighted by Gasteiger charge is -2.08. The van der Waals surface area contributed by atoms with Gasteiger partial charge in [-0.2, -0.15) is 4.98 Å². The lowest BCUT2D eigenvalue weighted by molar-refractivity contribution is 0.432. The largest absolute Gasteiger partial charge is 0.435 e. The SMILES string of the molecule is CNc1nc(Oc2cc(Br)ccc2F)c2cc(C)sc2n1. The summed E-state index contributed by atoms with van der Waals surface area (Å²) in [5, 5.41) is 3.66. The number of nitrogens with zero attached hydrogens (tertiary/aromatic N) is 2. The lowest BCUT2D eigenvalue weighted by atomic mass is 10.3. The molecular weight excluding hydrogens is 357 g/mol. The minimum absolute atomic E-state index is 0.121. The van der Waals surface area contributed by atoms with E-state index in [1.807, 2.05) is 13.0 Å². The maximum atomic E-state index is 13.8. The number of hydrogen-bond acceptors (Lipinski definition) is 5. The molecule has 1 aromatic carbocycles. The number of aryl methyl sites for hydroxylation is 1. The smallest absolute Gasteiger partial charge is 0.233 e. The first-order valence-corrected chi connectivity index (χ1v) is 7.76. The summed E-state index contributed by atoms with van der Waals surface area (Å²) < 4.78 is 20.2. The summed E-state index contributed by atoms with van der Waals surface area (Å²) in [6.07, 6.45) is 0. The lowest BCUT2D eigenvalue weighted by Crippen LogP contribution is -1.99. The Balaban J connectivity index is 2.12. The first-order valence-electron chi connectivity index (χ1n) is 6.15. The molecule has 0 aliphatic rings. The molecule has 2 heterocycles. The van der Waals surface area contributed by atoms with Crippen LogP contribution in [0.2, 0.25) is 0 Å².